The Hall–Kier alpha value is -3.51. The van der Waals surface area contributed by atoms with E-state index in [1.54, 1.807) is 30.3 Å². The summed E-state index contributed by atoms with van der Waals surface area (Å²) in [6.45, 7) is 0.854. The first-order valence-electron chi connectivity index (χ1n) is 12.0. The van der Waals surface area contributed by atoms with Gasteiger partial charge >= 0.3 is 11.9 Å². The van der Waals surface area contributed by atoms with E-state index in [2.05, 4.69) is 10.6 Å². The number of benzene rings is 1. The third-order valence-corrected chi connectivity index (χ3v) is 6.03. The molecule has 198 valence electrons. The molecule has 0 aromatic heterocycles. The van der Waals surface area contributed by atoms with E-state index in [9.17, 15) is 29.1 Å². The third kappa shape index (κ3) is 8.61. The van der Waals surface area contributed by atoms with Crippen LogP contribution in [0.4, 0.5) is 0 Å². The molecule has 0 radical (unpaired) electrons. The molecule has 1 aliphatic rings. The molecule has 1 heterocycles. The van der Waals surface area contributed by atoms with Crippen molar-refractivity contribution in [2.24, 2.45) is 11.5 Å². The van der Waals surface area contributed by atoms with Crippen LogP contribution in [0.2, 0.25) is 0 Å². The number of carbonyl (C=O) groups excluding carboxylic acids is 3. The molecule has 1 fully saturated rings. The van der Waals surface area contributed by atoms with Crippen molar-refractivity contribution in [1.29, 1.82) is 0 Å². The van der Waals surface area contributed by atoms with Gasteiger partial charge < -0.3 is 37.2 Å². The molecule has 1 aromatic rings. The third-order valence-electron chi connectivity index (χ3n) is 6.03. The lowest BCUT2D eigenvalue weighted by Crippen LogP contribution is -2.57. The molecule has 0 bridgehead atoms. The first-order valence-corrected chi connectivity index (χ1v) is 12.0. The Labute approximate surface area is 209 Å². The van der Waals surface area contributed by atoms with Gasteiger partial charge in [-0.05, 0) is 37.8 Å². The van der Waals surface area contributed by atoms with Gasteiger partial charge in [-0.15, -0.1) is 0 Å². The maximum absolute atomic E-state index is 13.2. The minimum Gasteiger partial charge on any atom is -0.481 e. The fraction of sp³-hybridized carbons (Fsp3) is 0.542. The first kappa shape index (κ1) is 28.7. The molecule has 12 heteroatoms. The van der Waals surface area contributed by atoms with Crippen LogP contribution in [0.15, 0.2) is 30.3 Å². The van der Waals surface area contributed by atoms with Crippen LogP contribution in [-0.4, -0.2) is 82.0 Å². The largest absolute Gasteiger partial charge is 0.481 e. The van der Waals surface area contributed by atoms with E-state index in [0.29, 0.717) is 44.3 Å². The highest BCUT2D eigenvalue weighted by Crippen LogP contribution is 2.20. The Morgan fingerprint density at radius 2 is 1.72 bits per heavy atom. The summed E-state index contributed by atoms with van der Waals surface area (Å²) in [6, 6.07) is 4.32. The van der Waals surface area contributed by atoms with Gasteiger partial charge in [-0.25, -0.2) is 4.79 Å². The van der Waals surface area contributed by atoms with E-state index in [0.717, 1.165) is 6.42 Å². The summed E-state index contributed by atoms with van der Waals surface area (Å²) >= 11 is 0. The molecule has 1 saturated heterocycles. The number of carboxylic acids is 2. The topological polar surface area (TPSA) is 205 Å². The van der Waals surface area contributed by atoms with Crippen molar-refractivity contribution >= 4 is 29.7 Å². The Morgan fingerprint density at radius 3 is 2.33 bits per heavy atom. The zero-order valence-corrected chi connectivity index (χ0v) is 20.1. The van der Waals surface area contributed by atoms with Crippen LogP contribution in [0.25, 0.3) is 0 Å². The van der Waals surface area contributed by atoms with Gasteiger partial charge in [0.05, 0.1) is 12.5 Å². The summed E-state index contributed by atoms with van der Waals surface area (Å²) in [5.74, 6) is -4.64. The smallest absolute Gasteiger partial charge is 0.326 e. The number of carbonyl (C=O) groups is 5. The number of likely N-dealkylation sites (tertiary alicyclic amines) is 1. The number of hydrogen-bond acceptors (Lipinski definition) is 7. The molecular formula is C24H35N5O7. The maximum atomic E-state index is 13.2. The molecular weight excluding hydrogens is 470 g/mol. The van der Waals surface area contributed by atoms with Crippen molar-refractivity contribution < 1.29 is 34.2 Å². The number of carboxylic acid groups (broad SMARTS) is 2. The molecule has 4 atom stereocenters. The second kappa shape index (κ2) is 14.1. The van der Waals surface area contributed by atoms with Crippen LogP contribution in [-0.2, 0) is 30.4 Å². The molecule has 0 spiro atoms. The number of nitrogens with one attached hydrogen (secondary N) is 2. The van der Waals surface area contributed by atoms with Gasteiger partial charge in [-0.1, -0.05) is 36.8 Å². The highest BCUT2D eigenvalue weighted by molar-refractivity contribution is 5.95. The van der Waals surface area contributed by atoms with Crippen LogP contribution in [0.5, 0.6) is 0 Å². The lowest BCUT2D eigenvalue weighted by molar-refractivity contribution is -0.147. The molecule has 2 rings (SSSR count). The van der Waals surface area contributed by atoms with E-state index in [1.165, 1.54) is 4.90 Å². The number of amides is 3. The average molecular weight is 506 g/mol. The summed E-state index contributed by atoms with van der Waals surface area (Å²) in [4.78, 5) is 62.9. The van der Waals surface area contributed by atoms with E-state index in [-0.39, 0.29) is 12.3 Å². The summed E-state index contributed by atoms with van der Waals surface area (Å²) < 4.78 is 0. The molecule has 0 aliphatic carbocycles. The number of rotatable bonds is 14. The van der Waals surface area contributed by atoms with E-state index >= 15 is 0 Å². The fourth-order valence-corrected chi connectivity index (χ4v) is 4.12. The van der Waals surface area contributed by atoms with Gasteiger partial charge in [-0.2, -0.15) is 0 Å². The average Bonchev–Trinajstić information content (AvgIpc) is 3.33. The monoisotopic (exact) mass is 505 g/mol. The fourth-order valence-electron chi connectivity index (χ4n) is 4.12. The lowest BCUT2D eigenvalue weighted by atomic mass is 10.0. The van der Waals surface area contributed by atoms with Crippen molar-refractivity contribution in [3.63, 3.8) is 0 Å². The van der Waals surface area contributed by atoms with Gasteiger partial charge in [0.15, 0.2) is 0 Å². The van der Waals surface area contributed by atoms with Gasteiger partial charge in [0.1, 0.15) is 18.1 Å². The SMILES string of the molecule is NCCCC[C@@H](N)C(=O)N1CCC[C@H]1C(=O)N[C@@H](Cc1ccccc1)C(=O)N[C@@H](CC(=O)O)C(=O)O. The van der Waals surface area contributed by atoms with E-state index in [1.807, 2.05) is 0 Å². The van der Waals surface area contributed by atoms with Crippen molar-refractivity contribution in [1.82, 2.24) is 15.5 Å². The predicted molar refractivity (Wildman–Crippen MR) is 130 cm³/mol. The normalized spacial score (nSPS) is 17.6. The highest BCUT2D eigenvalue weighted by Gasteiger charge is 2.38. The van der Waals surface area contributed by atoms with Crippen LogP contribution in [0.1, 0.15) is 44.1 Å². The minimum atomic E-state index is -1.67. The number of unbranched alkanes of at least 4 members (excludes halogenated alkanes) is 1. The summed E-state index contributed by atoms with van der Waals surface area (Å²) in [7, 11) is 0. The van der Waals surface area contributed by atoms with Crippen molar-refractivity contribution in [3.8, 4) is 0 Å². The van der Waals surface area contributed by atoms with E-state index in [4.69, 9.17) is 16.6 Å². The molecule has 3 amide bonds. The molecule has 0 unspecified atom stereocenters. The first-order chi connectivity index (χ1) is 17.1. The second-order valence-corrected chi connectivity index (χ2v) is 8.83. The Morgan fingerprint density at radius 1 is 1.03 bits per heavy atom. The number of nitrogens with zero attached hydrogens (tertiary/aromatic N) is 1. The van der Waals surface area contributed by atoms with Gasteiger partial charge in [-0.3, -0.25) is 19.2 Å². The maximum Gasteiger partial charge on any atom is 0.326 e. The molecule has 12 nitrogen and oxygen atoms in total. The quantitative estimate of drug-likeness (QED) is 0.175. The number of nitrogens with two attached hydrogens (primary N) is 2. The molecule has 1 aromatic carbocycles. The zero-order valence-electron chi connectivity index (χ0n) is 20.1. The predicted octanol–water partition coefficient (Wildman–Crippen LogP) is -0.795. The van der Waals surface area contributed by atoms with Crippen LogP contribution in [0, 0.1) is 0 Å². The van der Waals surface area contributed by atoms with Crippen LogP contribution in [0.3, 0.4) is 0 Å². The number of hydrogen-bond donors (Lipinski definition) is 6. The van der Waals surface area contributed by atoms with Crippen molar-refractivity contribution in [3.05, 3.63) is 35.9 Å². The minimum absolute atomic E-state index is 0.0388. The Bertz CT molecular complexity index is 927. The highest BCUT2D eigenvalue weighted by atomic mass is 16.4. The zero-order chi connectivity index (χ0) is 26.7. The van der Waals surface area contributed by atoms with Gasteiger partial charge in [0.2, 0.25) is 17.7 Å². The van der Waals surface area contributed by atoms with E-state index < -0.39 is 54.3 Å². The van der Waals surface area contributed by atoms with Crippen LogP contribution >= 0.6 is 0 Å². The van der Waals surface area contributed by atoms with Gasteiger partial charge in [0.25, 0.3) is 0 Å². The second-order valence-electron chi connectivity index (χ2n) is 8.83. The molecule has 36 heavy (non-hydrogen) atoms. The molecule has 1 aliphatic heterocycles. The molecule has 0 saturated carbocycles. The van der Waals surface area contributed by atoms with Crippen molar-refractivity contribution in [2.75, 3.05) is 13.1 Å². The molecule has 8 N–H and O–H groups in total. The van der Waals surface area contributed by atoms with Crippen LogP contribution < -0.4 is 22.1 Å². The lowest BCUT2D eigenvalue weighted by Gasteiger charge is -2.28. The number of aliphatic carboxylic acids is 2. The summed E-state index contributed by atoms with van der Waals surface area (Å²) in [5.41, 5.74) is 12.2. The summed E-state index contributed by atoms with van der Waals surface area (Å²) in [5, 5.41) is 23.1. The van der Waals surface area contributed by atoms with Crippen molar-refractivity contribution in [2.45, 2.75) is 69.1 Å². The van der Waals surface area contributed by atoms with Gasteiger partial charge in [0, 0.05) is 13.0 Å². The Balaban J connectivity index is 2.15. The standard InChI is InChI=1S/C24H35N5O7/c25-11-5-4-9-16(26)23(34)29-12-6-10-19(29)22(33)27-17(13-15-7-2-1-3-8-15)21(32)28-18(24(35)36)14-20(30)31/h1-3,7-8,16-19H,4-6,9-14,25-26H2,(H,27,33)(H,28,32)(H,30,31)(H,35,36)/t16-,17+,18+,19+/m1/s1. The summed E-state index contributed by atoms with van der Waals surface area (Å²) in [6.07, 6.45) is 2.07. The Kier molecular flexibility index (Phi) is 11.3.